The molecule has 0 bridgehead atoms. The summed E-state index contributed by atoms with van der Waals surface area (Å²) in [5.41, 5.74) is 0.773. The van der Waals surface area contributed by atoms with Gasteiger partial charge < -0.3 is 9.84 Å². The molecule has 1 unspecified atom stereocenters. The molecule has 1 saturated carbocycles. The van der Waals surface area contributed by atoms with Gasteiger partial charge in [0, 0.05) is 25.4 Å². The average molecular weight is 266 g/mol. The second-order valence-electron chi connectivity index (χ2n) is 6.47. The van der Waals surface area contributed by atoms with E-state index in [4.69, 9.17) is 4.74 Å². The minimum atomic E-state index is -0.589. The van der Waals surface area contributed by atoms with Crippen LogP contribution >= 0.6 is 0 Å². The molecule has 0 saturated heterocycles. The van der Waals surface area contributed by atoms with Gasteiger partial charge in [-0.05, 0) is 38.0 Å². The van der Waals surface area contributed by atoms with E-state index >= 15 is 0 Å². The van der Waals surface area contributed by atoms with E-state index in [0.29, 0.717) is 5.41 Å². The van der Waals surface area contributed by atoms with Crippen molar-refractivity contribution in [1.29, 1.82) is 0 Å². The van der Waals surface area contributed by atoms with Crippen molar-refractivity contribution in [2.24, 2.45) is 5.41 Å². The maximum Gasteiger partial charge on any atom is 0.111 e. The van der Waals surface area contributed by atoms with Crippen LogP contribution in [0.2, 0.25) is 0 Å². The number of hydrogen-bond acceptors (Lipinski definition) is 3. The van der Waals surface area contributed by atoms with Gasteiger partial charge in [-0.2, -0.15) is 5.10 Å². The first-order chi connectivity index (χ1) is 8.92. The standard InChI is InChI=1S/C15H26N2O2/c1-5-17-11-12(10-16-17)13(18)15(19-4)8-6-14(2,3)7-9-15/h10-11,13,18H,5-9H2,1-4H3. The molecule has 1 N–H and O–H groups in total. The predicted molar refractivity (Wildman–Crippen MR) is 74.8 cm³/mol. The molecule has 1 aliphatic rings. The minimum absolute atomic E-state index is 0.356. The molecule has 4 nitrogen and oxygen atoms in total. The Balaban J connectivity index is 2.17. The highest BCUT2D eigenvalue weighted by molar-refractivity contribution is 5.14. The number of methoxy groups -OCH3 is 1. The Morgan fingerprint density at radius 1 is 1.37 bits per heavy atom. The number of aliphatic hydroxyl groups excluding tert-OH is 1. The molecule has 4 heteroatoms. The van der Waals surface area contributed by atoms with Crippen LogP contribution in [0.15, 0.2) is 12.4 Å². The predicted octanol–water partition coefficient (Wildman–Crippen LogP) is 2.92. The molecular formula is C15H26N2O2. The van der Waals surface area contributed by atoms with Crippen molar-refractivity contribution in [2.45, 2.75) is 64.7 Å². The molecule has 0 spiro atoms. The third-order valence-corrected chi connectivity index (χ3v) is 4.65. The van der Waals surface area contributed by atoms with Crippen LogP contribution in [-0.4, -0.2) is 27.6 Å². The van der Waals surface area contributed by atoms with Crippen LogP contribution < -0.4 is 0 Å². The van der Waals surface area contributed by atoms with Gasteiger partial charge in [0.25, 0.3) is 0 Å². The first-order valence-corrected chi connectivity index (χ1v) is 7.18. The van der Waals surface area contributed by atoms with E-state index in [-0.39, 0.29) is 0 Å². The lowest BCUT2D eigenvalue weighted by atomic mass is 9.68. The fraction of sp³-hybridized carbons (Fsp3) is 0.800. The van der Waals surface area contributed by atoms with E-state index in [9.17, 15) is 5.11 Å². The Morgan fingerprint density at radius 2 is 2.00 bits per heavy atom. The quantitative estimate of drug-likeness (QED) is 0.911. The van der Waals surface area contributed by atoms with Gasteiger partial charge in [0.15, 0.2) is 0 Å². The molecule has 0 aromatic carbocycles. The third kappa shape index (κ3) is 2.84. The van der Waals surface area contributed by atoms with E-state index in [1.807, 2.05) is 17.8 Å². The van der Waals surface area contributed by atoms with E-state index in [1.54, 1.807) is 13.3 Å². The SMILES string of the molecule is CCn1cc(C(O)C2(OC)CCC(C)(C)CC2)cn1. The van der Waals surface area contributed by atoms with Gasteiger partial charge in [0.05, 0.1) is 11.8 Å². The van der Waals surface area contributed by atoms with Crippen molar-refractivity contribution in [1.82, 2.24) is 9.78 Å². The molecule has 2 rings (SSSR count). The zero-order chi connectivity index (χ0) is 14.1. The van der Waals surface area contributed by atoms with Gasteiger partial charge in [0.2, 0.25) is 0 Å². The number of nitrogens with zero attached hydrogens (tertiary/aromatic N) is 2. The highest BCUT2D eigenvalue weighted by atomic mass is 16.5. The van der Waals surface area contributed by atoms with Crippen molar-refractivity contribution >= 4 is 0 Å². The third-order valence-electron chi connectivity index (χ3n) is 4.65. The molecule has 1 heterocycles. The molecule has 19 heavy (non-hydrogen) atoms. The van der Waals surface area contributed by atoms with Crippen molar-refractivity contribution < 1.29 is 9.84 Å². The van der Waals surface area contributed by atoms with Gasteiger partial charge in [0.1, 0.15) is 6.10 Å². The van der Waals surface area contributed by atoms with E-state index in [2.05, 4.69) is 18.9 Å². The molecule has 0 radical (unpaired) electrons. The van der Waals surface area contributed by atoms with Crippen LogP contribution in [0.3, 0.4) is 0 Å². The van der Waals surface area contributed by atoms with Crippen LogP contribution in [0.5, 0.6) is 0 Å². The topological polar surface area (TPSA) is 47.3 Å². The van der Waals surface area contributed by atoms with Gasteiger partial charge in [-0.3, -0.25) is 4.68 Å². The van der Waals surface area contributed by atoms with Crippen molar-refractivity contribution in [2.75, 3.05) is 7.11 Å². The molecule has 1 atom stereocenters. The van der Waals surface area contributed by atoms with Gasteiger partial charge in [-0.25, -0.2) is 0 Å². The van der Waals surface area contributed by atoms with Crippen LogP contribution in [0.1, 0.15) is 58.1 Å². The number of aromatic nitrogens is 2. The van der Waals surface area contributed by atoms with Crippen LogP contribution in [0, 0.1) is 5.41 Å². The summed E-state index contributed by atoms with van der Waals surface area (Å²) < 4.78 is 7.59. The maximum atomic E-state index is 10.7. The number of aliphatic hydroxyl groups is 1. The summed E-state index contributed by atoms with van der Waals surface area (Å²) in [5, 5.41) is 14.9. The van der Waals surface area contributed by atoms with Crippen LogP contribution in [0.4, 0.5) is 0 Å². The van der Waals surface area contributed by atoms with E-state index in [1.165, 1.54) is 0 Å². The Kier molecular flexibility index (Phi) is 4.02. The van der Waals surface area contributed by atoms with Crippen molar-refractivity contribution in [3.63, 3.8) is 0 Å². The fourth-order valence-corrected chi connectivity index (χ4v) is 2.94. The average Bonchev–Trinajstić information content (AvgIpc) is 2.87. The monoisotopic (exact) mass is 266 g/mol. The smallest absolute Gasteiger partial charge is 0.111 e. The number of aryl methyl sites for hydroxylation is 1. The van der Waals surface area contributed by atoms with Crippen molar-refractivity contribution in [3.8, 4) is 0 Å². The first kappa shape index (κ1) is 14.5. The molecule has 0 amide bonds. The van der Waals surface area contributed by atoms with Gasteiger partial charge >= 0.3 is 0 Å². The van der Waals surface area contributed by atoms with Crippen LogP contribution in [-0.2, 0) is 11.3 Å². The van der Waals surface area contributed by atoms with Crippen molar-refractivity contribution in [3.05, 3.63) is 18.0 Å². The number of ether oxygens (including phenoxy) is 1. The van der Waals surface area contributed by atoms with E-state index in [0.717, 1.165) is 37.8 Å². The molecule has 0 aliphatic heterocycles. The normalized spacial score (nSPS) is 23.2. The summed E-state index contributed by atoms with van der Waals surface area (Å²) in [6.45, 7) is 7.43. The lowest BCUT2D eigenvalue weighted by Crippen LogP contribution is -2.43. The second kappa shape index (κ2) is 5.25. The summed E-state index contributed by atoms with van der Waals surface area (Å²) in [4.78, 5) is 0. The first-order valence-electron chi connectivity index (χ1n) is 7.18. The molecule has 108 valence electrons. The second-order valence-corrected chi connectivity index (χ2v) is 6.47. The molecule has 1 aliphatic carbocycles. The summed E-state index contributed by atoms with van der Waals surface area (Å²) in [7, 11) is 1.71. The fourth-order valence-electron chi connectivity index (χ4n) is 2.94. The Labute approximate surface area is 115 Å². The summed E-state index contributed by atoms with van der Waals surface area (Å²) in [6, 6.07) is 0. The highest BCUT2D eigenvalue weighted by Crippen LogP contribution is 2.47. The van der Waals surface area contributed by atoms with E-state index < -0.39 is 11.7 Å². The lowest BCUT2D eigenvalue weighted by molar-refractivity contribution is -0.138. The Bertz CT molecular complexity index is 416. The zero-order valence-electron chi connectivity index (χ0n) is 12.5. The minimum Gasteiger partial charge on any atom is -0.385 e. The zero-order valence-corrected chi connectivity index (χ0v) is 12.5. The molecule has 1 fully saturated rings. The molecule has 1 aromatic heterocycles. The molecular weight excluding hydrogens is 240 g/mol. The molecule has 1 aromatic rings. The maximum absolute atomic E-state index is 10.7. The van der Waals surface area contributed by atoms with Crippen LogP contribution in [0.25, 0.3) is 0 Å². The summed E-state index contributed by atoms with van der Waals surface area (Å²) >= 11 is 0. The number of rotatable bonds is 4. The lowest BCUT2D eigenvalue weighted by Gasteiger charge is -2.45. The largest absolute Gasteiger partial charge is 0.385 e. The highest BCUT2D eigenvalue weighted by Gasteiger charge is 2.44. The number of hydrogen-bond donors (Lipinski definition) is 1. The van der Waals surface area contributed by atoms with Gasteiger partial charge in [-0.1, -0.05) is 13.8 Å². The Morgan fingerprint density at radius 3 is 2.47 bits per heavy atom. The Hall–Kier alpha value is -0.870. The van der Waals surface area contributed by atoms with Gasteiger partial charge in [-0.15, -0.1) is 0 Å². The summed E-state index contributed by atoms with van der Waals surface area (Å²) in [5.74, 6) is 0. The summed E-state index contributed by atoms with van der Waals surface area (Å²) in [6.07, 6.45) is 7.05.